The molecule has 0 aliphatic heterocycles. The van der Waals surface area contributed by atoms with Crippen LogP contribution in [0.2, 0.25) is 0 Å². The van der Waals surface area contributed by atoms with Gasteiger partial charge >= 0.3 is 5.97 Å². The molecule has 1 saturated carbocycles. The van der Waals surface area contributed by atoms with Gasteiger partial charge in [0.15, 0.2) is 11.5 Å². The van der Waals surface area contributed by atoms with Crippen LogP contribution < -0.4 is 9.47 Å². The molecule has 1 aliphatic rings. The van der Waals surface area contributed by atoms with Crippen molar-refractivity contribution in [1.29, 1.82) is 0 Å². The number of methoxy groups -OCH3 is 2. The molecule has 5 nitrogen and oxygen atoms in total. The van der Waals surface area contributed by atoms with Crippen molar-refractivity contribution in [2.45, 2.75) is 37.5 Å². The van der Waals surface area contributed by atoms with Gasteiger partial charge in [-0.3, -0.25) is 4.79 Å². The first kappa shape index (κ1) is 15.9. The minimum absolute atomic E-state index is 0.0798. The minimum atomic E-state index is -1.08. The zero-order valence-electron chi connectivity index (χ0n) is 12.1. The molecule has 1 aromatic rings. The third-order valence-corrected chi connectivity index (χ3v) is 4.94. The molecule has 0 unspecified atom stereocenters. The number of rotatable bonds is 4. The predicted octanol–water partition coefficient (Wildman–Crippen LogP) is 3.46. The van der Waals surface area contributed by atoms with E-state index in [1.165, 1.54) is 20.3 Å². The molecule has 0 radical (unpaired) electrons. The number of ether oxygens (including phenoxy) is 2. The standard InChI is InChI=1S/C15H19BrO5/c1-20-10-8-9(17)11(12(16)13(10)21-2)15(14(18)19)6-4-3-5-7-15/h8,17H,3-7H2,1-2H3,(H,18,19). The van der Waals surface area contributed by atoms with E-state index in [1.807, 2.05) is 0 Å². The van der Waals surface area contributed by atoms with E-state index in [2.05, 4.69) is 15.9 Å². The summed E-state index contributed by atoms with van der Waals surface area (Å²) in [5.41, 5.74) is -0.701. The highest BCUT2D eigenvalue weighted by Gasteiger charge is 2.45. The van der Waals surface area contributed by atoms with E-state index in [9.17, 15) is 15.0 Å². The Hall–Kier alpha value is -1.43. The lowest BCUT2D eigenvalue weighted by Crippen LogP contribution is -2.38. The quantitative estimate of drug-likeness (QED) is 0.861. The summed E-state index contributed by atoms with van der Waals surface area (Å²) in [7, 11) is 2.95. The molecule has 116 valence electrons. The van der Waals surface area contributed by atoms with Gasteiger partial charge in [-0.25, -0.2) is 0 Å². The van der Waals surface area contributed by atoms with Crippen molar-refractivity contribution in [3.63, 3.8) is 0 Å². The zero-order chi connectivity index (χ0) is 15.6. The van der Waals surface area contributed by atoms with Crippen molar-refractivity contribution < 1.29 is 24.5 Å². The van der Waals surface area contributed by atoms with Gasteiger partial charge in [0.2, 0.25) is 0 Å². The van der Waals surface area contributed by atoms with Crippen LogP contribution in [0.25, 0.3) is 0 Å². The van der Waals surface area contributed by atoms with E-state index in [1.54, 1.807) is 0 Å². The zero-order valence-corrected chi connectivity index (χ0v) is 13.7. The van der Waals surface area contributed by atoms with Crippen LogP contribution in [-0.2, 0) is 10.2 Å². The summed E-state index contributed by atoms with van der Waals surface area (Å²) in [6, 6.07) is 1.41. The Morgan fingerprint density at radius 3 is 2.33 bits per heavy atom. The van der Waals surface area contributed by atoms with E-state index in [-0.39, 0.29) is 5.75 Å². The number of carboxylic acid groups (broad SMARTS) is 1. The minimum Gasteiger partial charge on any atom is -0.507 e. The number of benzene rings is 1. The van der Waals surface area contributed by atoms with Crippen molar-refractivity contribution >= 4 is 21.9 Å². The molecule has 6 heteroatoms. The first-order chi connectivity index (χ1) is 9.97. The largest absolute Gasteiger partial charge is 0.507 e. The van der Waals surface area contributed by atoms with Crippen molar-refractivity contribution in [2.75, 3.05) is 14.2 Å². The Balaban J connectivity index is 2.69. The number of carbonyl (C=O) groups is 1. The van der Waals surface area contributed by atoms with E-state index in [0.717, 1.165) is 19.3 Å². The molecule has 2 rings (SSSR count). The molecule has 1 fully saturated rings. The molecule has 1 aromatic carbocycles. The summed E-state index contributed by atoms with van der Waals surface area (Å²) in [6.45, 7) is 0. The second kappa shape index (κ2) is 6.13. The van der Waals surface area contributed by atoms with Gasteiger partial charge in [0, 0.05) is 11.6 Å². The van der Waals surface area contributed by atoms with Crippen molar-refractivity contribution in [3.8, 4) is 17.2 Å². The van der Waals surface area contributed by atoms with Gasteiger partial charge < -0.3 is 19.7 Å². The second-order valence-corrected chi connectivity index (χ2v) is 6.06. The molecular formula is C15H19BrO5. The molecular weight excluding hydrogens is 340 g/mol. The molecule has 0 bridgehead atoms. The Morgan fingerprint density at radius 1 is 1.24 bits per heavy atom. The maximum Gasteiger partial charge on any atom is 0.314 e. The van der Waals surface area contributed by atoms with Crippen LogP contribution in [0.4, 0.5) is 0 Å². The maximum atomic E-state index is 11.9. The Labute approximate surface area is 132 Å². The molecule has 0 atom stereocenters. The first-order valence-electron chi connectivity index (χ1n) is 6.85. The van der Waals surface area contributed by atoms with Crippen molar-refractivity contribution in [3.05, 3.63) is 16.1 Å². The molecule has 2 N–H and O–H groups in total. The van der Waals surface area contributed by atoms with E-state index >= 15 is 0 Å². The fraction of sp³-hybridized carbons (Fsp3) is 0.533. The van der Waals surface area contributed by atoms with Gasteiger partial charge in [0.25, 0.3) is 0 Å². The van der Waals surface area contributed by atoms with Crippen molar-refractivity contribution in [2.24, 2.45) is 0 Å². The molecule has 0 saturated heterocycles. The average molecular weight is 359 g/mol. The number of hydrogen-bond donors (Lipinski definition) is 2. The molecule has 0 heterocycles. The number of hydrogen-bond acceptors (Lipinski definition) is 4. The van der Waals surface area contributed by atoms with Gasteiger partial charge in [0.1, 0.15) is 5.75 Å². The molecule has 21 heavy (non-hydrogen) atoms. The maximum absolute atomic E-state index is 11.9. The number of aliphatic carboxylic acids is 1. The number of aromatic hydroxyl groups is 1. The monoisotopic (exact) mass is 358 g/mol. The summed E-state index contributed by atoms with van der Waals surface area (Å²) >= 11 is 3.39. The third-order valence-electron chi connectivity index (χ3n) is 4.19. The predicted molar refractivity (Wildman–Crippen MR) is 81.3 cm³/mol. The number of halogens is 1. The van der Waals surface area contributed by atoms with Crippen LogP contribution in [0.1, 0.15) is 37.7 Å². The highest BCUT2D eigenvalue weighted by atomic mass is 79.9. The fourth-order valence-electron chi connectivity index (χ4n) is 3.12. The first-order valence-corrected chi connectivity index (χ1v) is 7.64. The third kappa shape index (κ3) is 2.57. The smallest absolute Gasteiger partial charge is 0.314 e. The number of carboxylic acids is 1. The van der Waals surface area contributed by atoms with Crippen LogP contribution in [0.5, 0.6) is 17.2 Å². The van der Waals surface area contributed by atoms with Gasteiger partial charge in [-0.2, -0.15) is 0 Å². The van der Waals surface area contributed by atoms with Crippen LogP contribution in [0.15, 0.2) is 10.5 Å². The van der Waals surface area contributed by atoms with Crippen molar-refractivity contribution in [1.82, 2.24) is 0 Å². The SMILES string of the molecule is COc1cc(O)c(C2(C(=O)O)CCCCC2)c(Br)c1OC. The summed E-state index contributed by atoms with van der Waals surface area (Å²) in [4.78, 5) is 11.9. The molecule has 1 aliphatic carbocycles. The highest BCUT2D eigenvalue weighted by molar-refractivity contribution is 9.10. The lowest BCUT2D eigenvalue weighted by Gasteiger charge is -2.35. The Bertz CT molecular complexity index is 549. The van der Waals surface area contributed by atoms with E-state index in [4.69, 9.17) is 9.47 Å². The molecule has 0 amide bonds. The Kier molecular flexibility index (Phi) is 4.66. The van der Waals surface area contributed by atoms with Gasteiger partial charge in [-0.15, -0.1) is 0 Å². The summed E-state index contributed by atoms with van der Waals surface area (Å²) in [6.07, 6.45) is 3.67. The fourth-order valence-corrected chi connectivity index (χ4v) is 4.06. The van der Waals surface area contributed by atoms with Gasteiger partial charge in [-0.1, -0.05) is 19.3 Å². The summed E-state index contributed by atoms with van der Waals surface area (Å²) < 4.78 is 10.9. The van der Waals surface area contributed by atoms with Gasteiger partial charge in [0.05, 0.1) is 24.1 Å². The molecule has 0 aromatic heterocycles. The van der Waals surface area contributed by atoms with Crippen LogP contribution in [0.3, 0.4) is 0 Å². The van der Waals surface area contributed by atoms with Crippen LogP contribution >= 0.6 is 15.9 Å². The summed E-state index contributed by atoms with van der Waals surface area (Å²) in [5.74, 6) is -0.229. The van der Waals surface area contributed by atoms with Crippen LogP contribution in [0, 0.1) is 0 Å². The molecule has 0 spiro atoms. The van der Waals surface area contributed by atoms with Gasteiger partial charge in [-0.05, 0) is 28.8 Å². The second-order valence-electron chi connectivity index (χ2n) is 5.27. The number of phenolic OH excluding ortho intramolecular Hbond substituents is 1. The topological polar surface area (TPSA) is 76.0 Å². The van der Waals surface area contributed by atoms with Crippen LogP contribution in [-0.4, -0.2) is 30.4 Å². The van der Waals surface area contributed by atoms with E-state index in [0.29, 0.717) is 34.4 Å². The summed E-state index contributed by atoms with van der Waals surface area (Å²) in [5, 5.41) is 20.1. The lowest BCUT2D eigenvalue weighted by atomic mass is 9.69. The number of phenols is 1. The lowest BCUT2D eigenvalue weighted by molar-refractivity contribution is -0.145. The average Bonchev–Trinajstić information content (AvgIpc) is 2.47. The Morgan fingerprint density at radius 2 is 1.86 bits per heavy atom. The van der Waals surface area contributed by atoms with E-state index < -0.39 is 11.4 Å². The normalized spacial score (nSPS) is 17.3. The highest BCUT2D eigenvalue weighted by Crippen LogP contribution is 2.51.